The standard InChI is InChI=1S/C17H26N4O3/c1-13(2)12-14(16(22)24-3)19-17(23)21-10-8-20(9-11-21)15-6-4-5-7-18-15/h4-7,13-14H,8-12H2,1-3H3,(H,19,23)/t14-/m0/s1. The zero-order valence-electron chi connectivity index (χ0n) is 14.6. The van der Waals surface area contributed by atoms with E-state index in [1.165, 1.54) is 7.11 Å². The summed E-state index contributed by atoms with van der Waals surface area (Å²) in [6.07, 6.45) is 2.33. The maximum absolute atomic E-state index is 12.4. The highest BCUT2D eigenvalue weighted by molar-refractivity contribution is 5.83. The van der Waals surface area contributed by atoms with E-state index in [0.717, 1.165) is 18.9 Å². The minimum absolute atomic E-state index is 0.216. The highest BCUT2D eigenvalue weighted by Crippen LogP contribution is 2.13. The van der Waals surface area contributed by atoms with E-state index in [1.807, 2.05) is 32.0 Å². The SMILES string of the molecule is COC(=O)[C@H](CC(C)C)NC(=O)N1CCN(c2ccccn2)CC1. The van der Waals surface area contributed by atoms with Gasteiger partial charge in [-0.2, -0.15) is 0 Å². The van der Waals surface area contributed by atoms with Crippen molar-refractivity contribution in [1.29, 1.82) is 0 Å². The number of esters is 1. The van der Waals surface area contributed by atoms with Crippen LogP contribution in [0.2, 0.25) is 0 Å². The van der Waals surface area contributed by atoms with Crippen LogP contribution in [-0.4, -0.2) is 61.2 Å². The van der Waals surface area contributed by atoms with Crippen LogP contribution in [0.3, 0.4) is 0 Å². The van der Waals surface area contributed by atoms with Crippen LogP contribution in [0.15, 0.2) is 24.4 Å². The summed E-state index contributed by atoms with van der Waals surface area (Å²) in [5.41, 5.74) is 0. The molecule has 0 unspecified atom stereocenters. The number of nitrogens with zero attached hydrogens (tertiary/aromatic N) is 3. The predicted octanol–water partition coefficient (Wildman–Crippen LogP) is 1.50. The molecule has 2 heterocycles. The molecule has 0 radical (unpaired) electrons. The summed E-state index contributed by atoms with van der Waals surface area (Å²) >= 11 is 0. The smallest absolute Gasteiger partial charge is 0.328 e. The highest BCUT2D eigenvalue weighted by atomic mass is 16.5. The molecule has 1 atom stereocenters. The van der Waals surface area contributed by atoms with Crippen LogP contribution in [0.25, 0.3) is 0 Å². The first-order chi connectivity index (χ1) is 11.5. The number of methoxy groups -OCH3 is 1. The van der Waals surface area contributed by atoms with Gasteiger partial charge >= 0.3 is 12.0 Å². The molecule has 7 heteroatoms. The van der Waals surface area contributed by atoms with E-state index in [9.17, 15) is 9.59 Å². The molecule has 24 heavy (non-hydrogen) atoms. The van der Waals surface area contributed by atoms with Gasteiger partial charge in [-0.3, -0.25) is 0 Å². The number of amides is 2. The molecule has 1 N–H and O–H groups in total. The van der Waals surface area contributed by atoms with Gasteiger partial charge in [-0.05, 0) is 24.5 Å². The summed E-state index contributed by atoms with van der Waals surface area (Å²) in [5, 5.41) is 2.80. The number of pyridine rings is 1. The Morgan fingerprint density at radius 1 is 1.25 bits per heavy atom. The van der Waals surface area contributed by atoms with Gasteiger partial charge in [0.05, 0.1) is 7.11 Å². The Labute approximate surface area is 143 Å². The van der Waals surface area contributed by atoms with Crippen LogP contribution < -0.4 is 10.2 Å². The number of rotatable bonds is 5. The Morgan fingerprint density at radius 2 is 1.96 bits per heavy atom. The van der Waals surface area contributed by atoms with E-state index in [2.05, 4.69) is 15.2 Å². The Hall–Kier alpha value is -2.31. The number of aromatic nitrogens is 1. The van der Waals surface area contributed by atoms with Crippen LogP contribution in [0.4, 0.5) is 10.6 Å². The average molecular weight is 334 g/mol. The minimum Gasteiger partial charge on any atom is -0.467 e. The van der Waals surface area contributed by atoms with Crippen LogP contribution in [0.5, 0.6) is 0 Å². The van der Waals surface area contributed by atoms with Gasteiger partial charge in [0.15, 0.2) is 0 Å². The van der Waals surface area contributed by atoms with E-state index in [1.54, 1.807) is 11.1 Å². The number of hydrogen-bond acceptors (Lipinski definition) is 5. The van der Waals surface area contributed by atoms with E-state index in [-0.39, 0.29) is 11.9 Å². The second-order valence-electron chi connectivity index (χ2n) is 6.32. The van der Waals surface area contributed by atoms with Gasteiger partial charge in [0.25, 0.3) is 0 Å². The summed E-state index contributed by atoms with van der Waals surface area (Å²) in [5.74, 6) is 0.810. The molecule has 132 valence electrons. The zero-order chi connectivity index (χ0) is 17.5. The van der Waals surface area contributed by atoms with Crippen molar-refractivity contribution in [2.75, 3.05) is 38.2 Å². The molecular formula is C17H26N4O3. The van der Waals surface area contributed by atoms with E-state index in [4.69, 9.17) is 4.74 Å². The van der Waals surface area contributed by atoms with Crippen molar-refractivity contribution in [2.24, 2.45) is 5.92 Å². The largest absolute Gasteiger partial charge is 0.467 e. The minimum atomic E-state index is -0.601. The first-order valence-corrected chi connectivity index (χ1v) is 8.30. The fraction of sp³-hybridized carbons (Fsp3) is 0.588. The van der Waals surface area contributed by atoms with E-state index in [0.29, 0.717) is 19.5 Å². The van der Waals surface area contributed by atoms with Gasteiger partial charge in [-0.1, -0.05) is 19.9 Å². The quantitative estimate of drug-likeness (QED) is 0.826. The lowest BCUT2D eigenvalue weighted by molar-refractivity contribution is -0.143. The number of ether oxygens (including phenoxy) is 1. The molecule has 1 aromatic heterocycles. The number of piperazine rings is 1. The third kappa shape index (κ3) is 4.84. The molecule has 7 nitrogen and oxygen atoms in total. The van der Waals surface area contributed by atoms with Crippen molar-refractivity contribution in [3.63, 3.8) is 0 Å². The summed E-state index contributed by atoms with van der Waals surface area (Å²) < 4.78 is 4.79. The molecule has 1 aliphatic heterocycles. The second-order valence-corrected chi connectivity index (χ2v) is 6.32. The molecule has 0 bridgehead atoms. The summed E-state index contributed by atoms with van der Waals surface area (Å²) in [6, 6.07) is 4.98. The van der Waals surface area contributed by atoms with Crippen molar-refractivity contribution in [3.8, 4) is 0 Å². The van der Waals surface area contributed by atoms with Crippen molar-refractivity contribution in [3.05, 3.63) is 24.4 Å². The molecule has 1 saturated heterocycles. The van der Waals surface area contributed by atoms with Gasteiger partial charge in [0, 0.05) is 32.4 Å². The van der Waals surface area contributed by atoms with Gasteiger partial charge in [-0.15, -0.1) is 0 Å². The fourth-order valence-corrected chi connectivity index (χ4v) is 2.75. The zero-order valence-corrected chi connectivity index (χ0v) is 14.6. The molecule has 2 rings (SSSR count). The van der Waals surface area contributed by atoms with E-state index >= 15 is 0 Å². The predicted molar refractivity (Wildman–Crippen MR) is 91.8 cm³/mol. The molecule has 0 aliphatic carbocycles. The Morgan fingerprint density at radius 3 is 2.50 bits per heavy atom. The highest BCUT2D eigenvalue weighted by Gasteiger charge is 2.27. The second kappa shape index (κ2) is 8.52. The average Bonchev–Trinajstić information content (AvgIpc) is 2.61. The molecule has 2 amide bonds. The number of hydrogen-bond donors (Lipinski definition) is 1. The Balaban J connectivity index is 1.88. The van der Waals surface area contributed by atoms with Gasteiger partial charge < -0.3 is 19.9 Å². The first-order valence-electron chi connectivity index (χ1n) is 8.30. The summed E-state index contributed by atoms with van der Waals surface area (Å²) in [7, 11) is 1.34. The molecule has 0 saturated carbocycles. The molecule has 0 spiro atoms. The number of nitrogens with one attached hydrogen (secondary N) is 1. The Bertz CT molecular complexity index is 542. The normalized spacial score (nSPS) is 16.0. The topological polar surface area (TPSA) is 74.8 Å². The maximum Gasteiger partial charge on any atom is 0.328 e. The molecule has 1 aromatic rings. The molecule has 1 fully saturated rings. The summed E-state index contributed by atoms with van der Waals surface area (Å²) in [6.45, 7) is 6.65. The first kappa shape index (κ1) is 18.0. The van der Waals surface area contributed by atoms with Crippen molar-refractivity contribution in [2.45, 2.75) is 26.3 Å². The number of carbonyl (C=O) groups excluding carboxylic acids is 2. The fourth-order valence-electron chi connectivity index (χ4n) is 2.75. The van der Waals surface area contributed by atoms with E-state index < -0.39 is 12.0 Å². The van der Waals surface area contributed by atoms with Gasteiger partial charge in [0.2, 0.25) is 0 Å². The third-order valence-electron chi connectivity index (χ3n) is 4.03. The molecular weight excluding hydrogens is 308 g/mol. The van der Waals surface area contributed by atoms with Crippen molar-refractivity contribution >= 4 is 17.8 Å². The van der Waals surface area contributed by atoms with Crippen LogP contribution in [0.1, 0.15) is 20.3 Å². The summed E-state index contributed by atoms with van der Waals surface area (Å²) in [4.78, 5) is 32.5. The van der Waals surface area contributed by atoms with Crippen LogP contribution in [0, 0.1) is 5.92 Å². The van der Waals surface area contributed by atoms with Crippen LogP contribution >= 0.6 is 0 Å². The van der Waals surface area contributed by atoms with Crippen molar-refractivity contribution in [1.82, 2.24) is 15.2 Å². The lowest BCUT2D eigenvalue weighted by Gasteiger charge is -2.36. The van der Waals surface area contributed by atoms with Crippen LogP contribution in [-0.2, 0) is 9.53 Å². The lowest BCUT2D eigenvalue weighted by atomic mass is 10.0. The number of anilines is 1. The number of urea groups is 1. The Kier molecular flexibility index (Phi) is 6.40. The van der Waals surface area contributed by atoms with Gasteiger partial charge in [0.1, 0.15) is 11.9 Å². The maximum atomic E-state index is 12.4. The third-order valence-corrected chi connectivity index (χ3v) is 4.03. The lowest BCUT2D eigenvalue weighted by Crippen LogP contribution is -2.55. The molecule has 1 aliphatic rings. The molecule has 0 aromatic carbocycles. The number of carbonyl (C=O) groups is 2. The monoisotopic (exact) mass is 334 g/mol. The van der Waals surface area contributed by atoms with Gasteiger partial charge in [-0.25, -0.2) is 14.6 Å². The van der Waals surface area contributed by atoms with Crippen molar-refractivity contribution < 1.29 is 14.3 Å².